The summed E-state index contributed by atoms with van der Waals surface area (Å²) >= 11 is 0. The maximum atomic E-state index is 5.16. The fourth-order valence-electron chi connectivity index (χ4n) is 7.70. The second-order valence-electron chi connectivity index (χ2n) is 13.4. The van der Waals surface area contributed by atoms with Crippen LogP contribution >= 0.6 is 0 Å². The topological polar surface area (TPSA) is 54.3 Å². The quantitative estimate of drug-likeness (QED) is 0.110. The van der Waals surface area contributed by atoms with Crippen LogP contribution in [0.15, 0.2) is 170 Å². The van der Waals surface area contributed by atoms with Crippen molar-refractivity contribution in [2.45, 2.75) is 12.3 Å². The van der Waals surface area contributed by atoms with Crippen LogP contribution in [0.25, 0.3) is 61.3 Å². The molecule has 0 amide bonds. The number of hydrogen-bond acceptors (Lipinski definition) is 2. The molecule has 0 saturated carbocycles. The molecule has 4 nitrogen and oxygen atoms in total. The van der Waals surface area contributed by atoms with E-state index in [1.165, 1.54) is 55.4 Å². The van der Waals surface area contributed by atoms with Crippen molar-refractivity contribution in [1.82, 2.24) is 4.98 Å². The molecule has 0 radical (unpaired) electrons. The number of aromatic hydroxyl groups is 1. The summed E-state index contributed by atoms with van der Waals surface area (Å²) in [4.78, 5) is 5.16. The Morgan fingerprint density at radius 1 is 0.569 bits per heavy atom. The molecular weight excluding hydrogens is 623 g/mol. The summed E-state index contributed by atoms with van der Waals surface area (Å²) in [5.41, 5.74) is 13.9. The molecule has 4 N–H and O–H groups in total. The fraction of sp³-hybridized carbons (Fsp3) is 0.0426. The average Bonchev–Trinajstić information content (AvgIpc) is 3.65. The smallest absolute Gasteiger partial charge is 0.289 e. The molecule has 4 heteroatoms. The molecule has 1 aromatic heterocycles. The Kier molecular flexibility index (Phi) is 7.00. The molecular formula is C47H35N3O+2. The third-order valence-corrected chi connectivity index (χ3v) is 10.3. The van der Waals surface area contributed by atoms with Crippen LogP contribution in [0, 0.1) is 0 Å². The van der Waals surface area contributed by atoms with Crippen LogP contribution in [0.2, 0.25) is 0 Å². The standard InChI is InChI=1S/C47H33N3O/c1-3-9-31(10-4-1)41-26-21-33-19-20-34-22-27-42(49-46(34)45(33)48-41)32-17-15-30(16-18-32)37-24-25-38(40-14-8-7-13-39(37)40)36-23-28-44-43(29-36)50-47(51-44)35-11-5-2-6-12-35/h1-29,42,47,49-50H/p+2. The number of ether oxygens (including phenoxy) is 1. The summed E-state index contributed by atoms with van der Waals surface area (Å²) in [6.07, 6.45) is 4.49. The third kappa shape index (κ3) is 5.25. The molecule has 7 aromatic carbocycles. The van der Waals surface area contributed by atoms with Gasteiger partial charge in [0.1, 0.15) is 17.2 Å². The third-order valence-electron chi connectivity index (χ3n) is 10.3. The number of benzene rings is 7. The number of pyridine rings is 1. The molecule has 0 aliphatic carbocycles. The highest BCUT2D eigenvalue weighted by Gasteiger charge is 2.29. The Morgan fingerprint density at radius 2 is 1.25 bits per heavy atom. The molecule has 3 heterocycles. The Hall–Kier alpha value is -6.49. The first-order chi connectivity index (χ1) is 25.2. The van der Waals surface area contributed by atoms with Gasteiger partial charge in [-0.25, -0.2) is 4.98 Å². The number of anilines is 1. The van der Waals surface area contributed by atoms with E-state index in [-0.39, 0.29) is 12.3 Å². The van der Waals surface area contributed by atoms with Gasteiger partial charge in [0.15, 0.2) is 5.69 Å². The van der Waals surface area contributed by atoms with Crippen LogP contribution in [0.4, 0.5) is 11.4 Å². The second kappa shape index (κ2) is 12.1. The van der Waals surface area contributed by atoms with Crippen LogP contribution in [0.1, 0.15) is 29.0 Å². The molecule has 2 aliphatic rings. The van der Waals surface area contributed by atoms with Gasteiger partial charge < -0.3 is 10.1 Å². The van der Waals surface area contributed by atoms with Crippen molar-refractivity contribution < 1.29 is 10.1 Å². The molecule has 0 saturated heterocycles. The van der Waals surface area contributed by atoms with Crippen LogP contribution in [-0.2, 0) is 0 Å². The molecule has 8 aromatic rings. The number of aliphatic hydroxyl groups is 1. The predicted octanol–water partition coefficient (Wildman–Crippen LogP) is 10.7. The SMILES string of the molecule is C1=CC(c2ccc(-c3ccc(-c4ccc5c(c4)NC(c4ccccc4)[OH+]5)c4ccccc34)cc2)[NH2+]c2c1ccc1ccc(-c3ccccc3)nc21. The number of fused-ring (bicyclic) bond motifs is 5. The molecule has 2 unspecified atom stereocenters. The highest BCUT2D eigenvalue weighted by molar-refractivity contribution is 6.05. The van der Waals surface area contributed by atoms with Crippen molar-refractivity contribution in [3.8, 4) is 39.3 Å². The van der Waals surface area contributed by atoms with Gasteiger partial charge in [-0.3, -0.25) is 5.32 Å². The van der Waals surface area contributed by atoms with Crippen molar-refractivity contribution in [1.29, 1.82) is 0 Å². The molecule has 10 rings (SSSR count). The van der Waals surface area contributed by atoms with Crippen molar-refractivity contribution in [3.05, 3.63) is 187 Å². The number of quaternary nitrogens is 1. The minimum atomic E-state index is -0.0569. The summed E-state index contributed by atoms with van der Waals surface area (Å²) < 4.78 is 4.93. The first-order valence-electron chi connectivity index (χ1n) is 17.6. The zero-order valence-electron chi connectivity index (χ0n) is 27.9. The zero-order chi connectivity index (χ0) is 33.7. The Balaban J connectivity index is 0.942. The van der Waals surface area contributed by atoms with E-state index >= 15 is 0 Å². The molecule has 0 bridgehead atoms. The minimum Gasteiger partial charge on any atom is -0.561 e. The van der Waals surface area contributed by atoms with E-state index in [0.29, 0.717) is 0 Å². The van der Waals surface area contributed by atoms with Crippen molar-refractivity contribution >= 4 is 39.1 Å². The van der Waals surface area contributed by atoms with Gasteiger partial charge in [0.25, 0.3) is 12.0 Å². The Labute approximate surface area is 296 Å². The number of hydrogen-bond donors (Lipinski definition) is 2. The molecule has 2 aliphatic heterocycles. The first kappa shape index (κ1) is 29.4. The second-order valence-corrected chi connectivity index (χ2v) is 13.4. The van der Waals surface area contributed by atoms with Gasteiger partial charge in [0, 0.05) is 28.1 Å². The Bertz CT molecular complexity index is 2610. The number of rotatable bonds is 5. The molecule has 0 fully saturated rings. The maximum Gasteiger partial charge on any atom is 0.289 e. The summed E-state index contributed by atoms with van der Waals surface area (Å²) in [5, 5.41) is 9.64. The maximum absolute atomic E-state index is 5.16. The monoisotopic (exact) mass is 657 g/mol. The van der Waals surface area contributed by atoms with Gasteiger partial charge in [-0.15, -0.1) is 0 Å². The van der Waals surface area contributed by atoms with Crippen LogP contribution in [-0.4, -0.2) is 9.72 Å². The van der Waals surface area contributed by atoms with Gasteiger partial charge in [-0.1, -0.05) is 121 Å². The van der Waals surface area contributed by atoms with E-state index in [4.69, 9.17) is 9.72 Å². The van der Waals surface area contributed by atoms with E-state index in [9.17, 15) is 0 Å². The highest BCUT2D eigenvalue weighted by atomic mass is 16.5. The molecule has 51 heavy (non-hydrogen) atoms. The summed E-state index contributed by atoms with van der Waals surface area (Å²) in [7, 11) is 0. The number of nitrogens with zero attached hydrogens (tertiary/aromatic N) is 1. The Morgan fingerprint density at radius 3 is 2.04 bits per heavy atom. The van der Waals surface area contributed by atoms with Gasteiger partial charge in [0.05, 0.1) is 11.3 Å². The average molecular weight is 658 g/mol. The molecule has 0 spiro atoms. The lowest BCUT2D eigenvalue weighted by Gasteiger charge is -2.20. The number of nitrogens with one attached hydrogen (secondary N) is 1. The predicted molar refractivity (Wildman–Crippen MR) is 210 cm³/mol. The lowest BCUT2D eigenvalue weighted by atomic mass is 9.91. The van der Waals surface area contributed by atoms with E-state index < -0.39 is 0 Å². The molecule has 2 atom stereocenters. The van der Waals surface area contributed by atoms with Crippen LogP contribution < -0.4 is 10.6 Å². The van der Waals surface area contributed by atoms with E-state index in [0.717, 1.165) is 33.6 Å². The van der Waals surface area contributed by atoms with Crippen molar-refractivity contribution in [2.75, 3.05) is 5.32 Å². The number of aromatic nitrogens is 1. The van der Waals surface area contributed by atoms with E-state index in [1.54, 1.807) is 0 Å². The van der Waals surface area contributed by atoms with Crippen molar-refractivity contribution in [3.63, 3.8) is 0 Å². The largest absolute Gasteiger partial charge is 0.561 e. The van der Waals surface area contributed by atoms with Crippen LogP contribution in [0.5, 0.6) is 5.75 Å². The van der Waals surface area contributed by atoms with Gasteiger partial charge in [-0.05, 0) is 81.6 Å². The first-order valence-corrected chi connectivity index (χ1v) is 17.6. The highest BCUT2D eigenvalue weighted by Crippen LogP contribution is 2.43. The van der Waals surface area contributed by atoms with E-state index in [1.807, 2.05) is 12.1 Å². The molecule has 242 valence electrons. The number of nitrogens with two attached hydrogens (primary N) is 1. The zero-order valence-corrected chi connectivity index (χ0v) is 27.9. The summed E-state index contributed by atoms with van der Waals surface area (Å²) in [5.74, 6) is 1.00. The fourth-order valence-corrected chi connectivity index (χ4v) is 7.70. The van der Waals surface area contributed by atoms with E-state index in [2.05, 4.69) is 174 Å². The van der Waals surface area contributed by atoms with Crippen molar-refractivity contribution in [2.24, 2.45) is 0 Å². The van der Waals surface area contributed by atoms with Gasteiger partial charge in [0.2, 0.25) is 0 Å². The van der Waals surface area contributed by atoms with Crippen LogP contribution in [0.3, 0.4) is 0 Å². The van der Waals surface area contributed by atoms with Gasteiger partial charge >= 0.3 is 0 Å². The lowest BCUT2D eigenvalue weighted by Crippen LogP contribution is -2.80. The normalized spacial score (nSPS) is 16.0. The minimum absolute atomic E-state index is 0.0569. The summed E-state index contributed by atoms with van der Waals surface area (Å²) in [6, 6.07) is 58.7. The van der Waals surface area contributed by atoms with Gasteiger partial charge in [-0.2, -0.15) is 0 Å². The lowest BCUT2D eigenvalue weighted by molar-refractivity contribution is -0.605. The summed E-state index contributed by atoms with van der Waals surface area (Å²) in [6.45, 7) is 0.